The normalized spacial score (nSPS) is 16.4. The van der Waals surface area contributed by atoms with Gasteiger partial charge < -0.3 is 15.3 Å². The number of nitrogens with one attached hydrogen (secondary N) is 1. The van der Waals surface area contributed by atoms with Crippen molar-refractivity contribution >= 4 is 46.8 Å². The molecule has 1 aliphatic rings. The van der Waals surface area contributed by atoms with Gasteiger partial charge >= 0.3 is 0 Å². The molecule has 32 heavy (non-hydrogen) atoms. The third-order valence-corrected chi connectivity index (χ3v) is 7.02. The Morgan fingerprint density at radius 2 is 1.84 bits per heavy atom. The second-order valence-corrected chi connectivity index (χ2v) is 9.78. The standard InChI is InChI=1S/C24H28Cl2N2O3S/c1-32-14-11-21(27-23(30)19-8-7-18(25)15-20(19)26)24(31)28-12-9-17(10-13-28)22(29)16-5-3-2-4-6-16/h2-8,15,17,21-22,29H,9-14H2,1H3,(H,27,30). The van der Waals surface area contributed by atoms with Crippen molar-refractivity contribution < 1.29 is 14.7 Å². The first-order valence-corrected chi connectivity index (χ1v) is 12.8. The van der Waals surface area contributed by atoms with Gasteiger partial charge in [0.25, 0.3) is 5.91 Å². The van der Waals surface area contributed by atoms with Crippen molar-refractivity contribution in [3.8, 4) is 0 Å². The van der Waals surface area contributed by atoms with Crippen LogP contribution in [0.1, 0.15) is 41.3 Å². The van der Waals surface area contributed by atoms with Crippen LogP contribution in [0.2, 0.25) is 10.0 Å². The number of piperidine rings is 1. The van der Waals surface area contributed by atoms with Crippen molar-refractivity contribution in [3.63, 3.8) is 0 Å². The van der Waals surface area contributed by atoms with Gasteiger partial charge in [0.1, 0.15) is 6.04 Å². The third kappa shape index (κ3) is 6.41. The molecule has 0 aromatic heterocycles. The van der Waals surface area contributed by atoms with Crippen LogP contribution in [0, 0.1) is 5.92 Å². The summed E-state index contributed by atoms with van der Waals surface area (Å²) in [5.74, 6) is 0.369. The Balaban J connectivity index is 1.62. The quantitative estimate of drug-likeness (QED) is 0.551. The van der Waals surface area contributed by atoms with Crippen LogP contribution in [0.3, 0.4) is 0 Å². The summed E-state index contributed by atoms with van der Waals surface area (Å²) in [6, 6.07) is 13.7. The van der Waals surface area contributed by atoms with Gasteiger partial charge in [-0.1, -0.05) is 53.5 Å². The molecular weight excluding hydrogens is 467 g/mol. The van der Waals surface area contributed by atoms with Crippen LogP contribution in [0.5, 0.6) is 0 Å². The van der Waals surface area contributed by atoms with Gasteiger partial charge in [-0.25, -0.2) is 0 Å². The first-order valence-electron chi connectivity index (χ1n) is 10.7. The molecule has 8 heteroatoms. The first kappa shape index (κ1) is 24.9. The van der Waals surface area contributed by atoms with Crippen LogP contribution in [0.15, 0.2) is 48.5 Å². The van der Waals surface area contributed by atoms with Gasteiger partial charge in [-0.3, -0.25) is 9.59 Å². The lowest BCUT2D eigenvalue weighted by Gasteiger charge is -2.36. The fourth-order valence-electron chi connectivity index (χ4n) is 3.98. The lowest BCUT2D eigenvalue weighted by molar-refractivity contribution is -0.135. The Bertz CT molecular complexity index is 921. The van der Waals surface area contributed by atoms with Crippen molar-refractivity contribution in [2.75, 3.05) is 25.1 Å². The highest BCUT2D eigenvalue weighted by Crippen LogP contribution is 2.31. The maximum absolute atomic E-state index is 13.2. The molecule has 2 atom stereocenters. The fraction of sp³-hybridized carbons (Fsp3) is 0.417. The largest absolute Gasteiger partial charge is 0.388 e. The molecule has 0 spiro atoms. The van der Waals surface area contributed by atoms with Crippen molar-refractivity contribution in [3.05, 3.63) is 69.7 Å². The molecule has 1 saturated heterocycles. The van der Waals surface area contributed by atoms with Crippen LogP contribution in [0.25, 0.3) is 0 Å². The van der Waals surface area contributed by atoms with E-state index in [0.29, 0.717) is 42.9 Å². The van der Waals surface area contributed by atoms with E-state index in [-0.39, 0.29) is 22.8 Å². The summed E-state index contributed by atoms with van der Waals surface area (Å²) in [5, 5.41) is 14.3. The Morgan fingerprint density at radius 1 is 1.16 bits per heavy atom. The maximum Gasteiger partial charge on any atom is 0.253 e. The number of halogens is 2. The smallest absolute Gasteiger partial charge is 0.253 e. The molecule has 0 aliphatic carbocycles. The highest BCUT2D eigenvalue weighted by atomic mass is 35.5. The minimum atomic E-state index is -0.628. The minimum absolute atomic E-state index is 0.0925. The summed E-state index contributed by atoms with van der Waals surface area (Å²) in [5.41, 5.74) is 1.20. The predicted molar refractivity (Wildman–Crippen MR) is 131 cm³/mol. The molecule has 1 aliphatic heterocycles. The van der Waals surface area contributed by atoms with E-state index in [0.717, 1.165) is 11.3 Å². The predicted octanol–water partition coefficient (Wildman–Crippen LogP) is 4.82. The van der Waals surface area contributed by atoms with E-state index >= 15 is 0 Å². The molecule has 5 nitrogen and oxygen atoms in total. The van der Waals surface area contributed by atoms with Crippen LogP contribution < -0.4 is 5.32 Å². The van der Waals surface area contributed by atoms with Crippen molar-refractivity contribution in [1.82, 2.24) is 10.2 Å². The molecule has 2 amide bonds. The number of nitrogens with zero attached hydrogens (tertiary/aromatic N) is 1. The Labute approximate surface area is 203 Å². The molecule has 172 valence electrons. The number of aliphatic hydroxyl groups is 1. The number of carbonyl (C=O) groups excluding carboxylic acids is 2. The first-order chi connectivity index (χ1) is 15.4. The summed E-state index contributed by atoms with van der Waals surface area (Å²) >= 11 is 13.7. The SMILES string of the molecule is CSCCC(NC(=O)c1ccc(Cl)cc1Cl)C(=O)N1CCC(C(O)c2ccccc2)CC1. The van der Waals surface area contributed by atoms with Gasteiger partial charge in [-0.15, -0.1) is 0 Å². The summed E-state index contributed by atoms with van der Waals surface area (Å²) in [4.78, 5) is 27.8. The topological polar surface area (TPSA) is 69.6 Å². The van der Waals surface area contributed by atoms with E-state index in [4.69, 9.17) is 23.2 Å². The van der Waals surface area contributed by atoms with E-state index in [1.165, 1.54) is 6.07 Å². The van der Waals surface area contributed by atoms with Crippen molar-refractivity contribution in [2.24, 2.45) is 5.92 Å². The molecule has 0 bridgehead atoms. The summed E-state index contributed by atoms with van der Waals surface area (Å²) < 4.78 is 0. The highest BCUT2D eigenvalue weighted by Gasteiger charge is 2.32. The van der Waals surface area contributed by atoms with Crippen LogP contribution >= 0.6 is 35.0 Å². The molecule has 0 saturated carbocycles. The lowest BCUT2D eigenvalue weighted by atomic mass is 9.87. The number of amides is 2. The highest BCUT2D eigenvalue weighted by molar-refractivity contribution is 7.98. The number of hydrogen-bond donors (Lipinski definition) is 2. The molecule has 2 aromatic carbocycles. The summed E-state index contributed by atoms with van der Waals surface area (Å²) in [7, 11) is 0. The van der Waals surface area contributed by atoms with E-state index in [1.807, 2.05) is 36.6 Å². The number of benzene rings is 2. The van der Waals surface area contributed by atoms with Crippen molar-refractivity contribution in [2.45, 2.75) is 31.4 Å². The number of likely N-dealkylation sites (tertiary alicyclic amines) is 1. The van der Waals surface area contributed by atoms with E-state index in [9.17, 15) is 14.7 Å². The van der Waals surface area contributed by atoms with Crippen LogP contribution in [0.4, 0.5) is 0 Å². The molecule has 2 unspecified atom stereocenters. The monoisotopic (exact) mass is 494 g/mol. The Hall–Kier alpha value is -1.73. The lowest BCUT2D eigenvalue weighted by Crippen LogP contribution is -2.51. The van der Waals surface area contributed by atoms with Gasteiger partial charge in [0.2, 0.25) is 5.91 Å². The summed E-state index contributed by atoms with van der Waals surface area (Å²) in [6.07, 6.45) is 3.40. The molecule has 1 heterocycles. The van der Waals surface area contributed by atoms with Crippen LogP contribution in [-0.4, -0.2) is 53.0 Å². The van der Waals surface area contributed by atoms with Crippen molar-refractivity contribution in [1.29, 1.82) is 0 Å². The van der Waals surface area contributed by atoms with Gasteiger partial charge in [-0.05, 0) is 61.0 Å². The van der Waals surface area contributed by atoms with Gasteiger partial charge in [-0.2, -0.15) is 11.8 Å². The van der Waals surface area contributed by atoms with E-state index < -0.39 is 12.1 Å². The zero-order valence-corrected chi connectivity index (χ0v) is 20.3. The third-order valence-electron chi connectivity index (χ3n) is 5.83. The van der Waals surface area contributed by atoms with Crippen LogP contribution in [-0.2, 0) is 4.79 Å². The number of hydrogen-bond acceptors (Lipinski definition) is 4. The van der Waals surface area contributed by atoms with Gasteiger partial charge in [0, 0.05) is 18.1 Å². The Kier molecular flexibility index (Phi) is 9.29. The van der Waals surface area contributed by atoms with Gasteiger partial charge in [0.05, 0.1) is 16.7 Å². The fourth-order valence-corrected chi connectivity index (χ4v) is 4.95. The van der Waals surface area contributed by atoms with Gasteiger partial charge in [0.15, 0.2) is 0 Å². The molecule has 2 N–H and O–H groups in total. The zero-order chi connectivity index (χ0) is 23.1. The molecule has 0 radical (unpaired) electrons. The maximum atomic E-state index is 13.2. The second-order valence-electron chi connectivity index (χ2n) is 7.95. The number of thioether (sulfide) groups is 1. The zero-order valence-electron chi connectivity index (χ0n) is 18.0. The van der Waals surface area contributed by atoms with E-state index in [1.54, 1.807) is 28.8 Å². The molecule has 2 aromatic rings. The second kappa shape index (κ2) is 11.9. The molecule has 3 rings (SSSR count). The average molecular weight is 495 g/mol. The number of aliphatic hydroxyl groups excluding tert-OH is 1. The number of carbonyl (C=O) groups is 2. The Morgan fingerprint density at radius 3 is 2.47 bits per heavy atom. The average Bonchev–Trinajstić information content (AvgIpc) is 2.81. The number of rotatable bonds is 8. The molecular formula is C24H28Cl2N2O3S. The molecule has 1 fully saturated rings. The minimum Gasteiger partial charge on any atom is -0.388 e. The van der Waals surface area contributed by atoms with E-state index in [2.05, 4.69) is 5.32 Å². The summed E-state index contributed by atoms with van der Waals surface area (Å²) in [6.45, 7) is 1.11.